The summed E-state index contributed by atoms with van der Waals surface area (Å²) in [5.74, 6) is -0.272. The van der Waals surface area contributed by atoms with Crippen molar-refractivity contribution in [3.63, 3.8) is 0 Å². The van der Waals surface area contributed by atoms with E-state index in [1.165, 1.54) is 4.90 Å². The molecule has 2 unspecified atom stereocenters. The van der Waals surface area contributed by atoms with Gasteiger partial charge in [-0.2, -0.15) is 0 Å². The van der Waals surface area contributed by atoms with Crippen molar-refractivity contribution < 1.29 is 14.7 Å². The summed E-state index contributed by atoms with van der Waals surface area (Å²) in [6, 6.07) is 0. The van der Waals surface area contributed by atoms with E-state index in [1.807, 2.05) is 20.8 Å². The topological polar surface area (TPSA) is 57.6 Å². The first-order valence-corrected chi connectivity index (χ1v) is 5.83. The predicted octanol–water partition coefficient (Wildman–Crippen LogP) is 0.790. The summed E-state index contributed by atoms with van der Waals surface area (Å²) in [5, 5.41) is 8.91. The minimum Gasteiger partial charge on any atom is -0.395 e. The van der Waals surface area contributed by atoms with Gasteiger partial charge in [-0.25, -0.2) is 0 Å². The van der Waals surface area contributed by atoms with Crippen LogP contribution in [0, 0.1) is 16.7 Å². The molecule has 2 aliphatic rings. The number of hydrogen-bond donors (Lipinski definition) is 1. The van der Waals surface area contributed by atoms with Gasteiger partial charge in [0.1, 0.15) is 0 Å². The lowest BCUT2D eigenvalue weighted by atomic mass is 9.62. The highest BCUT2D eigenvalue weighted by molar-refractivity contribution is 6.03. The summed E-state index contributed by atoms with van der Waals surface area (Å²) in [6.45, 7) is 5.96. The molecule has 4 nitrogen and oxygen atoms in total. The lowest BCUT2D eigenvalue weighted by Gasteiger charge is -2.47. The van der Waals surface area contributed by atoms with Crippen LogP contribution in [0.3, 0.4) is 0 Å². The Morgan fingerprint density at radius 2 is 2.00 bits per heavy atom. The molecule has 1 heterocycles. The minimum atomic E-state index is -0.444. The third kappa shape index (κ3) is 1.14. The Kier molecular flexibility index (Phi) is 2.38. The molecule has 1 saturated carbocycles. The summed E-state index contributed by atoms with van der Waals surface area (Å²) in [7, 11) is 0. The molecule has 2 amide bonds. The number of imide groups is 1. The fourth-order valence-electron chi connectivity index (χ4n) is 3.21. The van der Waals surface area contributed by atoms with Gasteiger partial charge >= 0.3 is 0 Å². The van der Waals surface area contributed by atoms with E-state index in [4.69, 9.17) is 5.11 Å². The summed E-state index contributed by atoms with van der Waals surface area (Å²) in [6.07, 6.45) is 1.56. The van der Waals surface area contributed by atoms with Gasteiger partial charge in [-0.3, -0.25) is 14.5 Å². The maximum absolute atomic E-state index is 12.3. The molecular weight excluding hydrogens is 206 g/mol. The molecule has 2 bridgehead atoms. The fraction of sp³-hybridized carbons (Fsp3) is 0.833. The van der Waals surface area contributed by atoms with Crippen LogP contribution in [-0.2, 0) is 9.59 Å². The SMILES string of the molecule is CC12CCC(C(=O)N(CCO)C1=O)C2(C)C. The van der Waals surface area contributed by atoms with Gasteiger partial charge in [0, 0.05) is 5.92 Å². The van der Waals surface area contributed by atoms with Crippen LogP contribution in [0.2, 0.25) is 0 Å². The van der Waals surface area contributed by atoms with E-state index in [2.05, 4.69) is 0 Å². The third-order valence-electron chi connectivity index (χ3n) is 4.83. The van der Waals surface area contributed by atoms with Crippen molar-refractivity contribution in [2.75, 3.05) is 13.2 Å². The molecule has 1 saturated heterocycles. The molecule has 90 valence electrons. The molecule has 0 spiro atoms. The van der Waals surface area contributed by atoms with Crippen molar-refractivity contribution in [2.45, 2.75) is 33.6 Å². The second kappa shape index (κ2) is 3.29. The molecule has 1 aliphatic carbocycles. The van der Waals surface area contributed by atoms with Gasteiger partial charge in [-0.15, -0.1) is 0 Å². The highest BCUT2D eigenvalue weighted by Crippen LogP contribution is 2.59. The maximum Gasteiger partial charge on any atom is 0.235 e. The normalized spacial score (nSPS) is 37.0. The Bertz CT molecular complexity index is 350. The molecule has 0 aromatic heterocycles. The minimum absolute atomic E-state index is 0.0678. The Labute approximate surface area is 95.6 Å². The van der Waals surface area contributed by atoms with Crippen molar-refractivity contribution in [2.24, 2.45) is 16.7 Å². The molecule has 1 aliphatic heterocycles. The number of hydrogen-bond acceptors (Lipinski definition) is 3. The monoisotopic (exact) mass is 225 g/mol. The summed E-state index contributed by atoms with van der Waals surface area (Å²) in [4.78, 5) is 25.7. The van der Waals surface area contributed by atoms with Crippen LogP contribution < -0.4 is 0 Å². The standard InChI is InChI=1S/C12H19NO3/c1-11(2)8-4-5-12(11,3)10(16)13(6-7-14)9(8)15/h8,14H,4-7H2,1-3H3. The lowest BCUT2D eigenvalue weighted by molar-refractivity contribution is -0.168. The number of carbonyl (C=O) groups excluding carboxylic acids is 2. The quantitative estimate of drug-likeness (QED) is 0.707. The zero-order valence-corrected chi connectivity index (χ0v) is 10.1. The number of piperidine rings is 1. The molecular formula is C12H19NO3. The Morgan fingerprint density at radius 3 is 2.56 bits per heavy atom. The van der Waals surface area contributed by atoms with Crippen molar-refractivity contribution in [1.82, 2.24) is 4.90 Å². The molecule has 0 aromatic rings. The van der Waals surface area contributed by atoms with Crippen molar-refractivity contribution in [1.29, 1.82) is 0 Å². The van der Waals surface area contributed by atoms with Crippen LogP contribution in [0.5, 0.6) is 0 Å². The molecule has 16 heavy (non-hydrogen) atoms. The summed E-state index contributed by atoms with van der Waals surface area (Å²) < 4.78 is 0. The number of aliphatic hydroxyl groups excluding tert-OH is 1. The number of nitrogens with zero attached hydrogens (tertiary/aromatic N) is 1. The van der Waals surface area contributed by atoms with E-state index in [9.17, 15) is 9.59 Å². The maximum atomic E-state index is 12.3. The fourth-order valence-corrected chi connectivity index (χ4v) is 3.21. The molecule has 4 heteroatoms. The third-order valence-corrected chi connectivity index (χ3v) is 4.83. The zero-order valence-electron chi connectivity index (χ0n) is 10.1. The first-order valence-electron chi connectivity index (χ1n) is 5.83. The second-order valence-corrected chi connectivity index (χ2v) is 5.66. The van der Waals surface area contributed by atoms with Crippen LogP contribution in [0.1, 0.15) is 33.6 Å². The van der Waals surface area contributed by atoms with Crippen molar-refractivity contribution in [3.05, 3.63) is 0 Å². The number of carbonyl (C=O) groups is 2. The molecule has 2 atom stereocenters. The second-order valence-electron chi connectivity index (χ2n) is 5.66. The number of β-amino-alcohol motifs (C(OH)–C–C–N with tert-alkyl or cyclic N) is 1. The van der Waals surface area contributed by atoms with E-state index >= 15 is 0 Å². The number of likely N-dealkylation sites (tertiary alicyclic amines) is 1. The molecule has 2 fully saturated rings. The Balaban J connectivity index is 2.42. The van der Waals surface area contributed by atoms with E-state index in [0.717, 1.165) is 12.8 Å². The Hall–Kier alpha value is -0.900. The number of amides is 2. The van der Waals surface area contributed by atoms with E-state index in [0.29, 0.717) is 0 Å². The van der Waals surface area contributed by atoms with Crippen LogP contribution in [0.25, 0.3) is 0 Å². The first-order chi connectivity index (χ1) is 7.36. The van der Waals surface area contributed by atoms with E-state index < -0.39 is 5.41 Å². The summed E-state index contributed by atoms with van der Waals surface area (Å²) in [5.41, 5.74) is -0.701. The highest BCUT2D eigenvalue weighted by atomic mass is 16.3. The van der Waals surface area contributed by atoms with Crippen molar-refractivity contribution >= 4 is 11.8 Å². The van der Waals surface area contributed by atoms with E-state index in [1.54, 1.807) is 0 Å². The van der Waals surface area contributed by atoms with E-state index in [-0.39, 0.29) is 36.3 Å². The van der Waals surface area contributed by atoms with Crippen LogP contribution in [-0.4, -0.2) is 35.0 Å². The van der Waals surface area contributed by atoms with Gasteiger partial charge in [0.2, 0.25) is 11.8 Å². The average molecular weight is 225 g/mol. The van der Waals surface area contributed by atoms with Gasteiger partial charge in [-0.05, 0) is 18.3 Å². The van der Waals surface area contributed by atoms with Gasteiger partial charge < -0.3 is 5.11 Å². The van der Waals surface area contributed by atoms with Crippen molar-refractivity contribution in [3.8, 4) is 0 Å². The first kappa shape index (κ1) is 11.6. The van der Waals surface area contributed by atoms with Gasteiger partial charge in [0.05, 0.1) is 18.6 Å². The molecule has 1 N–H and O–H groups in total. The largest absolute Gasteiger partial charge is 0.395 e. The van der Waals surface area contributed by atoms with Gasteiger partial charge in [-0.1, -0.05) is 20.8 Å². The predicted molar refractivity (Wildman–Crippen MR) is 58.4 cm³/mol. The Morgan fingerprint density at radius 1 is 1.38 bits per heavy atom. The highest BCUT2D eigenvalue weighted by Gasteiger charge is 2.64. The van der Waals surface area contributed by atoms with Crippen LogP contribution >= 0.6 is 0 Å². The number of aliphatic hydroxyl groups is 1. The zero-order chi connectivity index (χ0) is 12.1. The number of rotatable bonds is 2. The summed E-state index contributed by atoms with van der Waals surface area (Å²) >= 11 is 0. The average Bonchev–Trinajstić information content (AvgIpc) is 2.40. The van der Waals surface area contributed by atoms with Gasteiger partial charge in [0.25, 0.3) is 0 Å². The smallest absolute Gasteiger partial charge is 0.235 e. The van der Waals surface area contributed by atoms with Crippen LogP contribution in [0.4, 0.5) is 0 Å². The lowest BCUT2D eigenvalue weighted by Crippen LogP contribution is -2.59. The van der Waals surface area contributed by atoms with Gasteiger partial charge in [0.15, 0.2) is 0 Å². The number of fused-ring (bicyclic) bond motifs is 2. The molecule has 0 aromatic carbocycles. The molecule has 0 radical (unpaired) electrons. The molecule has 2 rings (SSSR count). The van der Waals surface area contributed by atoms with Crippen LogP contribution in [0.15, 0.2) is 0 Å².